The minimum absolute atomic E-state index is 0.544. The van der Waals surface area contributed by atoms with Crippen molar-refractivity contribution in [2.24, 2.45) is 29.6 Å². The summed E-state index contributed by atoms with van der Waals surface area (Å²) in [5, 5.41) is 3.41. The maximum absolute atomic E-state index is 5.69. The van der Waals surface area contributed by atoms with Crippen LogP contribution in [-0.4, -0.2) is 16.5 Å². The third kappa shape index (κ3) is 2.07. The van der Waals surface area contributed by atoms with E-state index in [2.05, 4.69) is 15.3 Å². The van der Waals surface area contributed by atoms with E-state index in [1.165, 1.54) is 32.1 Å². The van der Waals surface area contributed by atoms with Gasteiger partial charge in [-0.15, -0.1) is 0 Å². The lowest BCUT2D eigenvalue weighted by Crippen LogP contribution is -2.47. The molecule has 4 aliphatic carbocycles. The van der Waals surface area contributed by atoms with E-state index < -0.39 is 0 Å². The van der Waals surface area contributed by atoms with E-state index in [0.717, 1.165) is 36.1 Å². The molecule has 19 heavy (non-hydrogen) atoms. The number of nitrogens with zero attached hydrogens (tertiary/aromatic N) is 2. The highest BCUT2D eigenvalue weighted by Crippen LogP contribution is 2.56. The first-order valence-electron chi connectivity index (χ1n) is 7.60. The predicted molar refractivity (Wildman–Crippen MR) is 75.5 cm³/mol. The van der Waals surface area contributed by atoms with Crippen LogP contribution in [0.15, 0.2) is 12.3 Å². The van der Waals surface area contributed by atoms with Gasteiger partial charge in [-0.05, 0) is 67.8 Å². The van der Waals surface area contributed by atoms with Crippen molar-refractivity contribution in [2.45, 2.75) is 32.1 Å². The lowest BCUT2D eigenvalue weighted by atomic mass is 9.52. The van der Waals surface area contributed by atoms with E-state index >= 15 is 0 Å². The first-order valence-corrected chi connectivity index (χ1v) is 7.60. The molecule has 5 rings (SSSR count). The molecule has 0 saturated heterocycles. The van der Waals surface area contributed by atoms with Gasteiger partial charge in [0.25, 0.3) is 0 Å². The van der Waals surface area contributed by atoms with Gasteiger partial charge in [-0.1, -0.05) is 0 Å². The topological polar surface area (TPSA) is 63.8 Å². The molecule has 0 spiro atoms. The summed E-state index contributed by atoms with van der Waals surface area (Å²) >= 11 is 0. The summed E-state index contributed by atoms with van der Waals surface area (Å²) in [6.45, 7) is 1.03. The standard InChI is InChI=1S/C15H22N4/c16-14-1-2-17-15(19-14)18-8-13-11-4-9-3-10(6-11)7-12(13)5-9/h1-2,9-13H,3-8H2,(H3,16,17,18,19). The molecule has 0 amide bonds. The lowest BCUT2D eigenvalue weighted by Gasteiger charge is -2.54. The molecular formula is C15H22N4. The molecule has 4 nitrogen and oxygen atoms in total. The molecule has 3 N–H and O–H groups in total. The fraction of sp³-hybridized carbons (Fsp3) is 0.733. The Hall–Kier alpha value is -1.32. The van der Waals surface area contributed by atoms with Crippen molar-refractivity contribution < 1.29 is 0 Å². The van der Waals surface area contributed by atoms with Gasteiger partial charge in [-0.25, -0.2) is 4.98 Å². The molecule has 4 fully saturated rings. The smallest absolute Gasteiger partial charge is 0.224 e. The number of rotatable bonds is 3. The van der Waals surface area contributed by atoms with E-state index in [1.807, 2.05) is 0 Å². The highest BCUT2D eigenvalue weighted by Gasteiger charge is 2.47. The van der Waals surface area contributed by atoms with E-state index in [0.29, 0.717) is 11.8 Å². The molecule has 0 aromatic carbocycles. The second-order valence-corrected chi connectivity index (χ2v) is 6.78. The molecular weight excluding hydrogens is 236 g/mol. The van der Waals surface area contributed by atoms with Gasteiger partial charge >= 0.3 is 0 Å². The zero-order valence-electron chi connectivity index (χ0n) is 11.3. The van der Waals surface area contributed by atoms with Crippen LogP contribution >= 0.6 is 0 Å². The number of hydrogen-bond donors (Lipinski definition) is 2. The van der Waals surface area contributed by atoms with Crippen LogP contribution in [0, 0.1) is 29.6 Å². The van der Waals surface area contributed by atoms with E-state index in [4.69, 9.17) is 5.73 Å². The molecule has 4 saturated carbocycles. The number of anilines is 2. The maximum Gasteiger partial charge on any atom is 0.224 e. The molecule has 4 heteroatoms. The molecule has 102 valence electrons. The fourth-order valence-electron chi connectivity index (χ4n) is 5.04. The summed E-state index contributed by atoms with van der Waals surface area (Å²) in [4.78, 5) is 8.47. The number of aromatic nitrogens is 2. The minimum atomic E-state index is 0.544. The van der Waals surface area contributed by atoms with E-state index in [-0.39, 0.29) is 0 Å². The number of hydrogen-bond acceptors (Lipinski definition) is 4. The predicted octanol–water partition coefficient (Wildman–Crippen LogP) is 2.54. The molecule has 1 aromatic heterocycles. The van der Waals surface area contributed by atoms with Gasteiger partial charge in [-0.2, -0.15) is 4.98 Å². The van der Waals surface area contributed by atoms with Gasteiger partial charge in [0.2, 0.25) is 5.95 Å². The van der Waals surface area contributed by atoms with Crippen molar-refractivity contribution in [1.29, 1.82) is 0 Å². The van der Waals surface area contributed by atoms with Crippen molar-refractivity contribution in [3.63, 3.8) is 0 Å². The fourth-order valence-corrected chi connectivity index (χ4v) is 5.04. The van der Waals surface area contributed by atoms with Gasteiger partial charge in [0, 0.05) is 12.7 Å². The number of nitrogens with two attached hydrogens (primary N) is 1. The molecule has 4 aliphatic rings. The first kappa shape index (κ1) is 11.5. The Morgan fingerprint density at radius 2 is 1.79 bits per heavy atom. The van der Waals surface area contributed by atoms with Gasteiger partial charge in [0.1, 0.15) is 5.82 Å². The summed E-state index contributed by atoms with van der Waals surface area (Å²) < 4.78 is 0. The first-order chi connectivity index (χ1) is 9.28. The van der Waals surface area contributed by atoms with Crippen molar-refractivity contribution in [3.8, 4) is 0 Å². The summed E-state index contributed by atoms with van der Waals surface area (Å²) in [6.07, 6.45) is 9.12. The SMILES string of the molecule is Nc1ccnc(NCC2C3CC4CC(C3)CC2C4)n1. The van der Waals surface area contributed by atoms with Crippen LogP contribution in [0.25, 0.3) is 0 Å². The van der Waals surface area contributed by atoms with E-state index in [9.17, 15) is 0 Å². The molecule has 4 bridgehead atoms. The molecule has 1 aromatic rings. The normalized spacial score (nSPS) is 39.5. The number of nitrogens with one attached hydrogen (secondary N) is 1. The Balaban J connectivity index is 1.43. The Morgan fingerprint density at radius 1 is 1.11 bits per heavy atom. The van der Waals surface area contributed by atoms with Crippen LogP contribution in [0.1, 0.15) is 32.1 Å². The molecule has 0 atom stereocenters. The monoisotopic (exact) mass is 258 g/mol. The zero-order chi connectivity index (χ0) is 12.8. The minimum Gasteiger partial charge on any atom is -0.384 e. The molecule has 1 heterocycles. The third-order valence-corrected chi connectivity index (χ3v) is 5.59. The quantitative estimate of drug-likeness (QED) is 0.874. The summed E-state index contributed by atoms with van der Waals surface area (Å²) in [6, 6.07) is 1.73. The number of nitrogen functional groups attached to an aromatic ring is 1. The molecule has 0 unspecified atom stereocenters. The van der Waals surface area contributed by atoms with Crippen LogP contribution in [0.4, 0.5) is 11.8 Å². The summed E-state index contributed by atoms with van der Waals surface area (Å²) in [5.74, 6) is 6.05. The van der Waals surface area contributed by atoms with Crippen LogP contribution in [-0.2, 0) is 0 Å². The average Bonchev–Trinajstić information content (AvgIpc) is 2.37. The van der Waals surface area contributed by atoms with Gasteiger partial charge in [0.15, 0.2) is 0 Å². The van der Waals surface area contributed by atoms with Crippen molar-refractivity contribution in [3.05, 3.63) is 12.3 Å². The van der Waals surface area contributed by atoms with Gasteiger partial charge < -0.3 is 11.1 Å². The Kier molecular flexibility index (Phi) is 2.64. The van der Waals surface area contributed by atoms with Crippen LogP contribution in [0.5, 0.6) is 0 Å². The second-order valence-electron chi connectivity index (χ2n) is 6.78. The Labute approximate surface area is 114 Å². The maximum atomic E-state index is 5.69. The zero-order valence-corrected chi connectivity index (χ0v) is 11.3. The molecule has 0 aliphatic heterocycles. The van der Waals surface area contributed by atoms with Gasteiger partial charge in [0.05, 0.1) is 0 Å². The second kappa shape index (κ2) is 4.36. The van der Waals surface area contributed by atoms with Crippen LogP contribution in [0.2, 0.25) is 0 Å². The Bertz CT molecular complexity index is 445. The Morgan fingerprint density at radius 3 is 2.42 bits per heavy atom. The van der Waals surface area contributed by atoms with Crippen molar-refractivity contribution in [2.75, 3.05) is 17.6 Å². The van der Waals surface area contributed by atoms with E-state index in [1.54, 1.807) is 12.3 Å². The third-order valence-electron chi connectivity index (χ3n) is 5.59. The van der Waals surface area contributed by atoms with Crippen molar-refractivity contribution >= 4 is 11.8 Å². The van der Waals surface area contributed by atoms with Gasteiger partial charge in [-0.3, -0.25) is 0 Å². The van der Waals surface area contributed by atoms with Crippen molar-refractivity contribution in [1.82, 2.24) is 9.97 Å². The summed E-state index contributed by atoms with van der Waals surface area (Å²) in [5.41, 5.74) is 5.69. The van der Waals surface area contributed by atoms with Crippen LogP contribution in [0.3, 0.4) is 0 Å². The summed E-state index contributed by atoms with van der Waals surface area (Å²) in [7, 11) is 0. The average molecular weight is 258 g/mol. The lowest BCUT2D eigenvalue weighted by molar-refractivity contribution is -0.0306. The molecule has 0 radical (unpaired) electrons. The highest BCUT2D eigenvalue weighted by molar-refractivity contribution is 5.35. The van der Waals surface area contributed by atoms with Crippen LogP contribution < -0.4 is 11.1 Å². The highest BCUT2D eigenvalue weighted by atomic mass is 15.1. The largest absolute Gasteiger partial charge is 0.384 e.